The molecule has 0 aromatic heterocycles. The molecule has 0 aliphatic heterocycles. The molecule has 6 N–H and O–H groups in total. The third-order valence-corrected chi connectivity index (χ3v) is 0.540. The summed E-state index contributed by atoms with van der Waals surface area (Å²) in [7, 11) is 0. The summed E-state index contributed by atoms with van der Waals surface area (Å²) in [5.41, 5.74) is 1.62. The van der Waals surface area contributed by atoms with Crippen LogP contribution in [0.2, 0.25) is 0 Å². The van der Waals surface area contributed by atoms with Crippen LogP contribution >= 0.6 is 0 Å². The molecule has 0 fully saturated rings. The van der Waals surface area contributed by atoms with Gasteiger partial charge in [-0.25, -0.2) is 0 Å². The van der Waals surface area contributed by atoms with Crippen molar-refractivity contribution in [1.82, 2.24) is 0 Å². The Bertz CT molecular complexity index is 113. The van der Waals surface area contributed by atoms with E-state index in [-0.39, 0.29) is 45.9 Å². The van der Waals surface area contributed by atoms with Crippen molar-refractivity contribution in [1.29, 1.82) is 0 Å². The molecule has 0 aliphatic carbocycles. The number of aliphatic hydroxyl groups excluding tert-OH is 2. The second-order valence-electron chi connectivity index (χ2n) is 2.23. The summed E-state index contributed by atoms with van der Waals surface area (Å²) in [4.78, 5) is 0. The predicted molar refractivity (Wildman–Crippen MR) is 62.3 cm³/mol. The molecule has 0 aliphatic rings. The van der Waals surface area contributed by atoms with Gasteiger partial charge in [0.05, 0.1) is 13.2 Å². The Morgan fingerprint density at radius 1 is 0.867 bits per heavy atom. The average molecular weight is 256 g/mol. The van der Waals surface area contributed by atoms with Crippen LogP contribution in [0.5, 0.6) is 0 Å². The fraction of sp³-hybridized carbons (Fsp3) is 0.400. The molecule has 0 amide bonds. The SMILES string of the molecule is C=C.C=C(C)CO.C=C(C)CO.O.O.[Ti]. The first-order chi connectivity index (χ1) is 5.54. The fourth-order valence-corrected chi connectivity index (χ4v) is 0. The molecule has 0 unspecified atom stereocenters. The summed E-state index contributed by atoms with van der Waals surface area (Å²) in [6, 6.07) is 0. The summed E-state index contributed by atoms with van der Waals surface area (Å²) in [6.07, 6.45) is 0. The third kappa shape index (κ3) is 134. The minimum absolute atomic E-state index is 0. The van der Waals surface area contributed by atoms with E-state index in [4.69, 9.17) is 10.2 Å². The predicted octanol–water partition coefficient (Wildman–Crippen LogP) is 0.260. The molecular weight excluding hydrogens is 232 g/mol. The molecule has 0 radical (unpaired) electrons. The van der Waals surface area contributed by atoms with Gasteiger partial charge in [-0.1, -0.05) is 24.3 Å². The Kier molecular flexibility index (Phi) is 90.3. The standard InChI is InChI=1S/2C4H8O.C2H4.2H2O.Ti/c2*1-4(2)3-5;1-2;;;/h2*5H,1,3H2,2H3;1-2H2;2*1H2;. The summed E-state index contributed by atoms with van der Waals surface area (Å²) in [6.45, 7) is 16.6. The van der Waals surface area contributed by atoms with E-state index in [1.165, 1.54) is 0 Å². The van der Waals surface area contributed by atoms with Crippen LogP contribution in [0, 0.1) is 0 Å². The van der Waals surface area contributed by atoms with Crippen LogP contribution in [-0.2, 0) is 21.7 Å². The maximum absolute atomic E-state index is 8.04. The smallest absolute Gasteiger partial charge is 0.0636 e. The van der Waals surface area contributed by atoms with E-state index in [1.807, 2.05) is 0 Å². The Morgan fingerprint density at radius 2 is 0.933 bits per heavy atom. The number of aliphatic hydroxyl groups is 2. The largest absolute Gasteiger partial charge is 0.412 e. The molecule has 0 rings (SSSR count). The summed E-state index contributed by atoms with van der Waals surface area (Å²) >= 11 is 0. The summed E-state index contributed by atoms with van der Waals surface area (Å²) in [5.74, 6) is 0. The normalized spacial score (nSPS) is 5.33. The molecule has 0 saturated heterocycles. The van der Waals surface area contributed by atoms with E-state index >= 15 is 0 Å². The number of hydrogen-bond donors (Lipinski definition) is 2. The van der Waals surface area contributed by atoms with Crippen molar-refractivity contribution in [2.45, 2.75) is 13.8 Å². The quantitative estimate of drug-likeness (QED) is 0.546. The van der Waals surface area contributed by atoms with Gasteiger partial charge in [-0.05, 0) is 13.8 Å². The number of rotatable bonds is 2. The van der Waals surface area contributed by atoms with Crippen molar-refractivity contribution in [3.05, 3.63) is 37.5 Å². The first-order valence-electron chi connectivity index (χ1n) is 3.55. The molecule has 0 atom stereocenters. The zero-order valence-electron chi connectivity index (χ0n) is 9.64. The zero-order chi connectivity index (χ0) is 10.6. The molecule has 15 heavy (non-hydrogen) atoms. The van der Waals surface area contributed by atoms with Gasteiger partial charge in [0.15, 0.2) is 0 Å². The first kappa shape index (κ1) is 36.4. The minimum atomic E-state index is 0. The maximum atomic E-state index is 8.04. The Balaban J connectivity index is -0.0000000197. The Morgan fingerprint density at radius 3 is 0.933 bits per heavy atom. The van der Waals surface area contributed by atoms with E-state index in [1.54, 1.807) is 13.8 Å². The van der Waals surface area contributed by atoms with Crippen molar-refractivity contribution < 1.29 is 42.9 Å². The Labute approximate surface area is 108 Å². The molecule has 92 valence electrons. The van der Waals surface area contributed by atoms with Crippen LogP contribution in [0.1, 0.15) is 13.8 Å². The molecule has 0 saturated carbocycles. The molecular formula is C10H24O4Ti. The van der Waals surface area contributed by atoms with Crippen molar-refractivity contribution in [3.63, 3.8) is 0 Å². The van der Waals surface area contributed by atoms with Crippen LogP contribution in [-0.4, -0.2) is 34.4 Å². The van der Waals surface area contributed by atoms with Crippen LogP contribution in [0.25, 0.3) is 0 Å². The fourth-order valence-electron chi connectivity index (χ4n) is 0. The molecule has 0 heterocycles. The van der Waals surface area contributed by atoms with E-state index in [0.717, 1.165) is 11.1 Å². The van der Waals surface area contributed by atoms with Gasteiger partial charge in [-0.15, -0.1) is 13.2 Å². The van der Waals surface area contributed by atoms with Gasteiger partial charge in [0, 0.05) is 21.7 Å². The van der Waals surface area contributed by atoms with Crippen molar-refractivity contribution in [2.75, 3.05) is 13.2 Å². The van der Waals surface area contributed by atoms with Gasteiger partial charge in [0.1, 0.15) is 0 Å². The molecule has 5 heteroatoms. The van der Waals surface area contributed by atoms with Gasteiger partial charge in [-0.3, -0.25) is 0 Å². The second kappa shape index (κ2) is 37.2. The van der Waals surface area contributed by atoms with Crippen LogP contribution in [0.3, 0.4) is 0 Å². The molecule has 0 aromatic rings. The van der Waals surface area contributed by atoms with Gasteiger partial charge >= 0.3 is 0 Å². The molecule has 0 bridgehead atoms. The van der Waals surface area contributed by atoms with E-state index < -0.39 is 0 Å². The monoisotopic (exact) mass is 256 g/mol. The average Bonchev–Trinajstić information content (AvgIpc) is 2.09. The first-order valence-corrected chi connectivity index (χ1v) is 3.55. The third-order valence-electron chi connectivity index (χ3n) is 0.540. The van der Waals surface area contributed by atoms with Gasteiger partial charge < -0.3 is 21.2 Å². The van der Waals surface area contributed by atoms with E-state index in [2.05, 4.69) is 26.3 Å². The van der Waals surface area contributed by atoms with Gasteiger partial charge in [0.25, 0.3) is 0 Å². The molecule has 0 aromatic carbocycles. The van der Waals surface area contributed by atoms with Gasteiger partial charge in [0.2, 0.25) is 0 Å². The number of hydrogen-bond acceptors (Lipinski definition) is 2. The van der Waals surface area contributed by atoms with E-state index in [9.17, 15) is 0 Å². The Hall–Kier alpha value is -0.226. The van der Waals surface area contributed by atoms with Crippen molar-refractivity contribution >= 4 is 0 Å². The second-order valence-corrected chi connectivity index (χ2v) is 2.23. The summed E-state index contributed by atoms with van der Waals surface area (Å²) < 4.78 is 0. The molecule has 0 spiro atoms. The van der Waals surface area contributed by atoms with Crippen molar-refractivity contribution in [2.24, 2.45) is 0 Å². The summed E-state index contributed by atoms with van der Waals surface area (Å²) in [5, 5.41) is 16.1. The van der Waals surface area contributed by atoms with Crippen LogP contribution < -0.4 is 0 Å². The minimum Gasteiger partial charge on any atom is -0.412 e. The van der Waals surface area contributed by atoms with Crippen LogP contribution in [0.15, 0.2) is 37.5 Å². The maximum Gasteiger partial charge on any atom is 0.0636 e. The topological polar surface area (TPSA) is 103 Å². The zero-order valence-corrected chi connectivity index (χ0v) is 11.2. The molecule has 4 nitrogen and oxygen atoms in total. The van der Waals surface area contributed by atoms with Crippen molar-refractivity contribution in [3.8, 4) is 0 Å². The van der Waals surface area contributed by atoms with Gasteiger partial charge in [-0.2, -0.15) is 0 Å². The van der Waals surface area contributed by atoms with E-state index in [0.29, 0.717) is 0 Å². The van der Waals surface area contributed by atoms with Crippen LogP contribution in [0.4, 0.5) is 0 Å².